The van der Waals surface area contributed by atoms with Gasteiger partial charge in [-0.1, -0.05) is 27.7 Å². The molecule has 21 heavy (non-hydrogen) atoms. The second-order valence-corrected chi connectivity index (χ2v) is 6.59. The summed E-state index contributed by atoms with van der Waals surface area (Å²) in [6, 6.07) is 8.95. The summed E-state index contributed by atoms with van der Waals surface area (Å²) in [4.78, 5) is 12.0. The maximum Gasteiger partial charge on any atom is 0.224 e. The molecule has 114 valence electrons. The number of nitrogens with zero attached hydrogens (tertiary/aromatic N) is 1. The van der Waals surface area contributed by atoms with Crippen molar-refractivity contribution < 1.29 is 9.53 Å². The summed E-state index contributed by atoms with van der Waals surface area (Å²) in [5, 5.41) is 11.3. The van der Waals surface area contributed by atoms with Gasteiger partial charge in [-0.05, 0) is 42.0 Å². The van der Waals surface area contributed by atoms with Crippen LogP contribution in [0.4, 0.5) is 5.69 Å². The fourth-order valence-electron chi connectivity index (χ4n) is 2.40. The Labute approximate surface area is 127 Å². The Hall–Kier alpha value is -2.02. The van der Waals surface area contributed by atoms with E-state index in [1.807, 2.05) is 6.07 Å². The average molecular weight is 288 g/mol. The number of anilines is 1. The molecule has 4 heteroatoms. The van der Waals surface area contributed by atoms with Gasteiger partial charge in [-0.25, -0.2) is 0 Å². The molecule has 0 radical (unpaired) electrons. The molecule has 0 saturated heterocycles. The monoisotopic (exact) mass is 288 g/mol. The minimum absolute atomic E-state index is 0.0238. The van der Waals surface area contributed by atoms with Crippen LogP contribution in [0.15, 0.2) is 24.3 Å². The lowest BCUT2D eigenvalue weighted by Gasteiger charge is -2.22. The lowest BCUT2D eigenvalue weighted by molar-refractivity contribution is -0.117. The number of benzene rings is 1. The zero-order chi connectivity index (χ0) is 15.9. The maximum atomic E-state index is 12.0. The standard InChI is InChI=1S/C17H24N2O2/c1-13(12-17(2,3)4)11-16(20)19-14-5-7-15(8-6-14)21-10-9-18/h5-8,13H,10-12H2,1-4H3,(H,19,20). The summed E-state index contributed by atoms with van der Waals surface area (Å²) in [5.74, 6) is 0.997. The zero-order valence-corrected chi connectivity index (χ0v) is 13.3. The number of rotatable bonds is 6. The number of amides is 1. The molecular weight excluding hydrogens is 264 g/mol. The Morgan fingerprint density at radius 3 is 2.48 bits per heavy atom. The third kappa shape index (κ3) is 7.36. The molecular formula is C17H24N2O2. The van der Waals surface area contributed by atoms with Gasteiger partial charge in [0.1, 0.15) is 11.8 Å². The number of hydrogen-bond acceptors (Lipinski definition) is 3. The Kier molecular flexibility index (Phi) is 6.23. The molecule has 1 atom stereocenters. The highest BCUT2D eigenvalue weighted by Gasteiger charge is 2.17. The first-order chi connectivity index (χ1) is 9.80. The van der Waals surface area contributed by atoms with Crippen LogP contribution >= 0.6 is 0 Å². The van der Waals surface area contributed by atoms with E-state index >= 15 is 0 Å². The fourth-order valence-corrected chi connectivity index (χ4v) is 2.40. The van der Waals surface area contributed by atoms with Crippen molar-refractivity contribution in [3.63, 3.8) is 0 Å². The fraction of sp³-hybridized carbons (Fsp3) is 0.529. The summed E-state index contributed by atoms with van der Waals surface area (Å²) in [7, 11) is 0. The molecule has 1 rings (SSSR count). The van der Waals surface area contributed by atoms with Crippen LogP contribution < -0.4 is 10.1 Å². The molecule has 0 aromatic heterocycles. The summed E-state index contributed by atoms with van der Waals surface area (Å²) < 4.78 is 5.16. The summed E-state index contributed by atoms with van der Waals surface area (Å²) in [6.07, 6.45) is 1.53. The van der Waals surface area contributed by atoms with Crippen molar-refractivity contribution in [1.82, 2.24) is 0 Å². The Bertz CT molecular complexity index is 495. The molecule has 0 aliphatic heterocycles. The third-order valence-electron chi connectivity index (χ3n) is 2.94. The Morgan fingerprint density at radius 1 is 1.33 bits per heavy atom. The van der Waals surface area contributed by atoms with E-state index in [4.69, 9.17) is 10.00 Å². The number of nitriles is 1. The van der Waals surface area contributed by atoms with Gasteiger partial charge >= 0.3 is 0 Å². The highest BCUT2D eigenvalue weighted by atomic mass is 16.5. The number of carbonyl (C=O) groups is 1. The molecule has 0 spiro atoms. The van der Waals surface area contributed by atoms with Crippen LogP contribution in [0.2, 0.25) is 0 Å². The molecule has 0 fully saturated rings. The maximum absolute atomic E-state index is 12.0. The third-order valence-corrected chi connectivity index (χ3v) is 2.94. The topological polar surface area (TPSA) is 62.1 Å². The summed E-state index contributed by atoms with van der Waals surface area (Å²) in [5.41, 5.74) is 0.978. The van der Waals surface area contributed by atoms with E-state index in [0.29, 0.717) is 18.1 Å². The predicted octanol–water partition coefficient (Wildman–Crippen LogP) is 3.99. The van der Waals surface area contributed by atoms with Crippen molar-refractivity contribution in [3.8, 4) is 11.8 Å². The first-order valence-corrected chi connectivity index (χ1v) is 7.20. The first-order valence-electron chi connectivity index (χ1n) is 7.20. The van der Waals surface area contributed by atoms with Crippen molar-refractivity contribution >= 4 is 11.6 Å². The van der Waals surface area contributed by atoms with Crippen LogP contribution in [0.3, 0.4) is 0 Å². The van der Waals surface area contributed by atoms with Crippen molar-refractivity contribution in [2.45, 2.75) is 40.5 Å². The molecule has 1 aromatic rings. The first kappa shape index (κ1) is 17.0. The minimum atomic E-state index is 0.0238. The summed E-state index contributed by atoms with van der Waals surface area (Å²) in [6.45, 7) is 8.67. The number of hydrogen-bond donors (Lipinski definition) is 1. The van der Waals surface area contributed by atoms with Gasteiger partial charge in [-0.15, -0.1) is 0 Å². The van der Waals surface area contributed by atoms with Gasteiger partial charge in [0.15, 0.2) is 6.61 Å². The van der Waals surface area contributed by atoms with Crippen LogP contribution in [0.1, 0.15) is 40.5 Å². The van der Waals surface area contributed by atoms with E-state index in [9.17, 15) is 4.79 Å². The van der Waals surface area contributed by atoms with Gasteiger partial charge in [0.05, 0.1) is 0 Å². The van der Waals surface area contributed by atoms with Crippen LogP contribution in [0, 0.1) is 22.7 Å². The molecule has 0 aliphatic carbocycles. The van der Waals surface area contributed by atoms with Crippen LogP contribution in [0.5, 0.6) is 5.75 Å². The van der Waals surface area contributed by atoms with E-state index in [1.54, 1.807) is 24.3 Å². The normalized spacial score (nSPS) is 12.3. The Balaban J connectivity index is 2.46. The number of ether oxygens (including phenoxy) is 1. The van der Waals surface area contributed by atoms with Gasteiger partial charge in [-0.2, -0.15) is 5.26 Å². The van der Waals surface area contributed by atoms with Crippen LogP contribution in [-0.2, 0) is 4.79 Å². The van der Waals surface area contributed by atoms with Gasteiger partial charge in [0.2, 0.25) is 5.91 Å². The molecule has 0 bridgehead atoms. The SMILES string of the molecule is CC(CC(=O)Nc1ccc(OCC#N)cc1)CC(C)(C)C. The van der Waals surface area contributed by atoms with Gasteiger partial charge < -0.3 is 10.1 Å². The zero-order valence-electron chi connectivity index (χ0n) is 13.3. The highest BCUT2D eigenvalue weighted by molar-refractivity contribution is 5.90. The van der Waals surface area contributed by atoms with E-state index in [2.05, 4.69) is 33.0 Å². The number of carbonyl (C=O) groups excluding carboxylic acids is 1. The molecule has 1 amide bonds. The van der Waals surface area contributed by atoms with Crippen molar-refractivity contribution in [3.05, 3.63) is 24.3 Å². The lowest BCUT2D eigenvalue weighted by Crippen LogP contribution is -2.18. The van der Waals surface area contributed by atoms with E-state index in [-0.39, 0.29) is 17.9 Å². The molecule has 1 unspecified atom stereocenters. The molecule has 1 aromatic carbocycles. The van der Waals surface area contributed by atoms with Gasteiger partial charge in [0.25, 0.3) is 0 Å². The smallest absolute Gasteiger partial charge is 0.224 e. The second kappa shape index (κ2) is 7.68. The average Bonchev–Trinajstić information content (AvgIpc) is 2.35. The second-order valence-electron chi connectivity index (χ2n) is 6.59. The molecule has 4 nitrogen and oxygen atoms in total. The van der Waals surface area contributed by atoms with E-state index in [0.717, 1.165) is 12.1 Å². The van der Waals surface area contributed by atoms with Crippen molar-refractivity contribution in [2.24, 2.45) is 11.3 Å². The summed E-state index contributed by atoms with van der Waals surface area (Å²) >= 11 is 0. The van der Waals surface area contributed by atoms with Crippen molar-refractivity contribution in [1.29, 1.82) is 5.26 Å². The minimum Gasteiger partial charge on any atom is -0.479 e. The van der Waals surface area contributed by atoms with E-state index in [1.165, 1.54) is 0 Å². The Morgan fingerprint density at radius 2 is 1.95 bits per heavy atom. The van der Waals surface area contributed by atoms with E-state index < -0.39 is 0 Å². The van der Waals surface area contributed by atoms with Gasteiger partial charge in [0, 0.05) is 12.1 Å². The highest BCUT2D eigenvalue weighted by Crippen LogP contribution is 2.26. The quantitative estimate of drug-likeness (QED) is 0.861. The lowest BCUT2D eigenvalue weighted by atomic mass is 9.84. The number of nitrogens with one attached hydrogen (secondary N) is 1. The van der Waals surface area contributed by atoms with Crippen molar-refractivity contribution in [2.75, 3.05) is 11.9 Å². The molecule has 0 saturated carbocycles. The van der Waals surface area contributed by atoms with Crippen LogP contribution in [-0.4, -0.2) is 12.5 Å². The largest absolute Gasteiger partial charge is 0.479 e. The van der Waals surface area contributed by atoms with Crippen LogP contribution in [0.25, 0.3) is 0 Å². The van der Waals surface area contributed by atoms with Gasteiger partial charge in [-0.3, -0.25) is 4.79 Å². The molecule has 1 N–H and O–H groups in total. The molecule has 0 heterocycles. The molecule has 0 aliphatic rings. The predicted molar refractivity (Wildman–Crippen MR) is 84.0 cm³/mol.